The Hall–Kier alpha value is -3.57. The molecule has 15 heteroatoms. The summed E-state index contributed by atoms with van der Waals surface area (Å²) in [4.78, 5) is 17.2. The van der Waals surface area contributed by atoms with Gasteiger partial charge in [-0.25, -0.2) is 14.1 Å². The molecule has 0 bridgehead atoms. The fourth-order valence-corrected chi connectivity index (χ4v) is 7.18. The van der Waals surface area contributed by atoms with E-state index in [9.17, 15) is 24.8 Å². The molecule has 1 aliphatic carbocycles. The number of nitriles is 1. The normalized spacial score (nSPS) is 25.7. The number of hydrogen-bond acceptors (Lipinski definition) is 12. The highest BCUT2D eigenvalue weighted by atomic mass is 31.2. The molecule has 2 aliphatic rings. The van der Waals surface area contributed by atoms with Gasteiger partial charge in [0.1, 0.15) is 47.5 Å². The largest absolute Gasteiger partial charge is 0.464 e. The van der Waals surface area contributed by atoms with Crippen LogP contribution in [0.4, 0.5) is 5.82 Å². The van der Waals surface area contributed by atoms with Crippen LogP contribution in [-0.2, 0) is 29.0 Å². The number of aliphatic hydroxyl groups excluding tert-OH is 2. The summed E-state index contributed by atoms with van der Waals surface area (Å²) in [7, 11) is -4.35. The molecule has 3 heterocycles. The molecule has 44 heavy (non-hydrogen) atoms. The Bertz CT molecular complexity index is 1560. The van der Waals surface area contributed by atoms with E-state index in [-0.39, 0.29) is 29.8 Å². The van der Waals surface area contributed by atoms with Crippen LogP contribution in [0.3, 0.4) is 0 Å². The number of aromatic nitrogens is 3. The van der Waals surface area contributed by atoms with Gasteiger partial charge in [-0.1, -0.05) is 44.9 Å². The average Bonchev–Trinajstić information content (AvgIpc) is 3.55. The SMILES string of the molecule is CCC(CC)COC(=O)C1(N[P@@](=O)(OC[C@H]2O[C@@](C#N)(c3ccc4c(N)ncnn34)[C@H](O)[C@@H]2O)Oc2ccccc2)CCC1. The van der Waals surface area contributed by atoms with Crippen LogP contribution in [0.2, 0.25) is 0 Å². The van der Waals surface area contributed by atoms with Gasteiger partial charge in [0.2, 0.25) is 5.60 Å². The maximum absolute atomic E-state index is 14.3. The number of ether oxygens (including phenoxy) is 2. The second-order valence-corrected chi connectivity index (χ2v) is 12.8. The number of nitrogens with zero attached hydrogens (tertiary/aromatic N) is 4. The minimum atomic E-state index is -4.35. The Morgan fingerprint density at radius 3 is 2.61 bits per heavy atom. The van der Waals surface area contributed by atoms with Gasteiger partial charge in [-0.2, -0.15) is 15.4 Å². The Morgan fingerprint density at radius 1 is 1.25 bits per heavy atom. The maximum atomic E-state index is 14.3. The summed E-state index contributed by atoms with van der Waals surface area (Å²) in [5, 5.41) is 39.2. The van der Waals surface area contributed by atoms with Crippen molar-refractivity contribution in [3.05, 3.63) is 54.5 Å². The molecule has 14 nitrogen and oxygen atoms in total. The Morgan fingerprint density at radius 2 is 1.98 bits per heavy atom. The van der Waals surface area contributed by atoms with Gasteiger partial charge in [0.25, 0.3) is 0 Å². The van der Waals surface area contributed by atoms with Gasteiger partial charge in [0.15, 0.2) is 5.82 Å². The van der Waals surface area contributed by atoms with Gasteiger partial charge in [-0.05, 0) is 49.4 Å². The lowest BCUT2D eigenvalue weighted by Crippen LogP contribution is -2.57. The Labute approximate surface area is 254 Å². The van der Waals surface area contributed by atoms with E-state index in [1.54, 1.807) is 36.4 Å². The van der Waals surface area contributed by atoms with Crippen molar-refractivity contribution in [2.45, 2.75) is 75.4 Å². The standard InChI is InChI=1S/C29H37N6O8P/c1-3-19(4-2)15-40-27(38)28(13-8-14-28)34-44(39,43-20-9-6-5-7-10-20)41-16-22-24(36)25(37)29(17-30,42-22)23-12-11-21-26(31)32-18-33-35(21)23/h5-7,9-12,18-19,22,24-25,36-37H,3-4,8,13-16H2,1-2H3,(H,34,39)(H2,31,32,33)/t22-,24-,25-,29+,44-/m1/s1. The molecule has 1 aromatic carbocycles. The Balaban J connectivity index is 1.38. The molecule has 0 radical (unpaired) electrons. The van der Waals surface area contributed by atoms with Crippen LogP contribution in [0.1, 0.15) is 51.6 Å². The van der Waals surface area contributed by atoms with Gasteiger partial charge in [-0.15, -0.1) is 0 Å². The Kier molecular flexibility index (Phi) is 9.27. The predicted molar refractivity (Wildman–Crippen MR) is 157 cm³/mol. The number of fused-ring (bicyclic) bond motifs is 1. The molecular weight excluding hydrogens is 591 g/mol. The maximum Gasteiger partial charge on any atom is 0.459 e. The molecule has 1 saturated carbocycles. The number of nitrogens with two attached hydrogens (primary N) is 1. The second-order valence-electron chi connectivity index (χ2n) is 11.1. The van der Waals surface area contributed by atoms with E-state index in [1.807, 2.05) is 19.9 Å². The van der Waals surface area contributed by atoms with Crippen LogP contribution < -0.4 is 15.3 Å². The molecule has 5 rings (SSSR count). The van der Waals surface area contributed by atoms with Crippen molar-refractivity contribution >= 4 is 25.1 Å². The van der Waals surface area contributed by atoms with Crippen LogP contribution in [0.5, 0.6) is 5.75 Å². The number of hydrogen-bond donors (Lipinski definition) is 4. The molecule has 5 atom stereocenters. The van der Waals surface area contributed by atoms with Gasteiger partial charge in [-0.3, -0.25) is 9.32 Å². The lowest BCUT2D eigenvalue weighted by Gasteiger charge is -2.41. The van der Waals surface area contributed by atoms with Gasteiger partial charge >= 0.3 is 13.7 Å². The first kappa shape index (κ1) is 31.8. The van der Waals surface area contributed by atoms with E-state index in [2.05, 4.69) is 15.2 Å². The smallest absolute Gasteiger partial charge is 0.459 e. The topological polar surface area (TPSA) is 204 Å². The number of para-hydroxylation sites is 1. The number of benzene rings is 1. The summed E-state index contributed by atoms with van der Waals surface area (Å²) in [6, 6.07) is 13.3. The van der Waals surface area contributed by atoms with Crippen LogP contribution in [0.15, 0.2) is 48.8 Å². The second kappa shape index (κ2) is 12.8. The van der Waals surface area contributed by atoms with Crippen molar-refractivity contribution in [2.75, 3.05) is 18.9 Å². The van der Waals surface area contributed by atoms with E-state index >= 15 is 0 Å². The number of nitrogens with one attached hydrogen (secondary N) is 1. The van der Waals surface area contributed by atoms with E-state index in [1.165, 1.54) is 16.9 Å². The lowest BCUT2D eigenvalue weighted by molar-refractivity contribution is -0.156. The zero-order valence-corrected chi connectivity index (χ0v) is 25.4. The van der Waals surface area contributed by atoms with Crippen LogP contribution in [-0.4, -0.2) is 67.8 Å². The molecule has 0 spiro atoms. The average molecular weight is 629 g/mol. The quantitative estimate of drug-likeness (QED) is 0.159. The zero-order chi connectivity index (χ0) is 31.5. The molecule has 3 aromatic rings. The first-order valence-corrected chi connectivity index (χ1v) is 16.1. The minimum Gasteiger partial charge on any atom is -0.464 e. The highest BCUT2D eigenvalue weighted by Gasteiger charge is 2.58. The third-order valence-corrected chi connectivity index (χ3v) is 10.1. The summed E-state index contributed by atoms with van der Waals surface area (Å²) in [6.45, 7) is 3.71. The molecule has 236 valence electrons. The van der Waals surface area contributed by atoms with Crippen molar-refractivity contribution in [1.29, 1.82) is 5.26 Å². The van der Waals surface area contributed by atoms with Crippen molar-refractivity contribution < 1.29 is 38.1 Å². The number of carbonyl (C=O) groups excluding carboxylic acids is 1. The van der Waals surface area contributed by atoms with Crippen molar-refractivity contribution in [3.8, 4) is 11.8 Å². The highest BCUT2D eigenvalue weighted by Crippen LogP contribution is 2.51. The number of esters is 1. The molecule has 0 unspecified atom stereocenters. The summed E-state index contributed by atoms with van der Waals surface area (Å²) in [6.07, 6.45) is -0.421. The monoisotopic (exact) mass is 628 g/mol. The highest BCUT2D eigenvalue weighted by molar-refractivity contribution is 7.52. The number of anilines is 1. The van der Waals surface area contributed by atoms with Crippen molar-refractivity contribution in [1.82, 2.24) is 19.7 Å². The first-order chi connectivity index (χ1) is 21.1. The fraction of sp³-hybridized carbons (Fsp3) is 0.517. The summed E-state index contributed by atoms with van der Waals surface area (Å²) >= 11 is 0. The third-order valence-electron chi connectivity index (χ3n) is 8.42. The van der Waals surface area contributed by atoms with Gasteiger partial charge in [0.05, 0.1) is 18.9 Å². The molecular formula is C29H37N6O8P. The lowest BCUT2D eigenvalue weighted by atomic mass is 9.78. The summed E-state index contributed by atoms with van der Waals surface area (Å²) in [5.41, 5.74) is 3.02. The number of aliphatic hydroxyl groups is 2. The van der Waals surface area contributed by atoms with E-state index in [0.29, 0.717) is 24.8 Å². The van der Waals surface area contributed by atoms with Crippen LogP contribution >= 0.6 is 7.75 Å². The van der Waals surface area contributed by atoms with E-state index < -0.39 is 49.8 Å². The summed E-state index contributed by atoms with van der Waals surface area (Å²) in [5.74, 6) is 0.00171. The number of carbonyl (C=O) groups is 1. The minimum absolute atomic E-state index is 0.105. The molecule has 2 aromatic heterocycles. The molecule has 2 fully saturated rings. The van der Waals surface area contributed by atoms with E-state index in [0.717, 1.165) is 12.8 Å². The zero-order valence-electron chi connectivity index (χ0n) is 24.5. The van der Waals surface area contributed by atoms with Crippen molar-refractivity contribution in [2.24, 2.45) is 5.92 Å². The molecule has 1 saturated heterocycles. The first-order valence-electron chi connectivity index (χ1n) is 14.6. The van der Waals surface area contributed by atoms with Gasteiger partial charge in [0, 0.05) is 0 Å². The summed E-state index contributed by atoms with van der Waals surface area (Å²) < 4.78 is 38.8. The molecule has 1 aliphatic heterocycles. The number of rotatable bonds is 13. The van der Waals surface area contributed by atoms with Crippen LogP contribution in [0, 0.1) is 17.2 Å². The molecule has 5 N–H and O–H groups in total. The third kappa shape index (κ3) is 5.91. The van der Waals surface area contributed by atoms with Crippen LogP contribution in [0.25, 0.3) is 5.52 Å². The molecule has 0 amide bonds. The predicted octanol–water partition coefficient (Wildman–Crippen LogP) is 2.85. The van der Waals surface area contributed by atoms with Gasteiger partial charge < -0.3 is 29.9 Å². The number of nitrogen functional groups attached to an aromatic ring is 1. The van der Waals surface area contributed by atoms with Crippen molar-refractivity contribution in [3.63, 3.8) is 0 Å². The van der Waals surface area contributed by atoms with E-state index in [4.69, 9.17) is 24.3 Å². The fourth-order valence-electron chi connectivity index (χ4n) is 5.43.